The van der Waals surface area contributed by atoms with E-state index < -0.39 is 0 Å². The second kappa shape index (κ2) is 14.4. The molecule has 1 saturated carbocycles. The Kier molecular flexibility index (Phi) is 13.1. The molecule has 0 radical (unpaired) electrons. The lowest BCUT2D eigenvalue weighted by atomic mass is 9.85. The molecule has 2 aliphatic rings. The van der Waals surface area contributed by atoms with E-state index in [0.717, 1.165) is 90.4 Å². The van der Waals surface area contributed by atoms with Crippen LogP contribution >= 0.6 is 24.0 Å². The molecule has 0 bridgehead atoms. The topological polar surface area (TPSA) is 75.2 Å². The number of hydrogen-bond acceptors (Lipinski definition) is 4. The van der Waals surface area contributed by atoms with Crippen LogP contribution in [0.25, 0.3) is 0 Å². The standard InChI is InChI=1S/C21H40N4O3.HI/c1-4-22-20(23-12-7-13-28-16-18-8-14-27-15-9-18)24-17-21(10-5-6-11-21)19(26)25(2)3;/h18H,4-17H2,1-3H3,(H2,22,23,24);1H. The maximum atomic E-state index is 12.7. The highest BCUT2D eigenvalue weighted by atomic mass is 127. The molecule has 0 aromatic carbocycles. The van der Waals surface area contributed by atoms with Gasteiger partial charge in [0.15, 0.2) is 5.96 Å². The fourth-order valence-corrected chi connectivity index (χ4v) is 4.08. The summed E-state index contributed by atoms with van der Waals surface area (Å²) >= 11 is 0. The molecule has 1 saturated heterocycles. The van der Waals surface area contributed by atoms with Crippen LogP contribution < -0.4 is 10.6 Å². The van der Waals surface area contributed by atoms with Crippen LogP contribution in [0, 0.1) is 11.3 Å². The summed E-state index contributed by atoms with van der Waals surface area (Å²) in [4.78, 5) is 19.2. The number of halogens is 1. The molecule has 0 aromatic heterocycles. The van der Waals surface area contributed by atoms with E-state index >= 15 is 0 Å². The van der Waals surface area contributed by atoms with E-state index in [9.17, 15) is 4.79 Å². The third-order valence-corrected chi connectivity index (χ3v) is 5.76. The Balaban J connectivity index is 0.00000420. The molecule has 2 N–H and O–H groups in total. The van der Waals surface area contributed by atoms with Crippen molar-refractivity contribution in [1.82, 2.24) is 15.5 Å². The molecule has 1 heterocycles. The average molecular weight is 524 g/mol. The SMILES string of the molecule is CCNC(=NCC1(C(=O)N(C)C)CCCC1)NCCCOCC1CCOCC1.I. The lowest BCUT2D eigenvalue weighted by Gasteiger charge is -2.29. The van der Waals surface area contributed by atoms with Crippen molar-refractivity contribution in [2.75, 3.05) is 60.2 Å². The molecule has 0 unspecified atom stereocenters. The second-order valence-corrected chi connectivity index (χ2v) is 8.29. The number of rotatable bonds is 10. The van der Waals surface area contributed by atoms with E-state index in [2.05, 4.69) is 17.6 Å². The summed E-state index contributed by atoms with van der Waals surface area (Å²) in [6.07, 6.45) is 7.27. The van der Waals surface area contributed by atoms with E-state index in [1.54, 1.807) is 4.90 Å². The number of carbonyl (C=O) groups excluding carboxylic acids is 1. The number of carbonyl (C=O) groups is 1. The van der Waals surface area contributed by atoms with E-state index in [0.29, 0.717) is 12.5 Å². The normalized spacial score (nSPS) is 19.5. The van der Waals surface area contributed by atoms with Crippen LogP contribution in [-0.2, 0) is 14.3 Å². The minimum Gasteiger partial charge on any atom is -0.381 e. The second-order valence-electron chi connectivity index (χ2n) is 8.29. The summed E-state index contributed by atoms with van der Waals surface area (Å²) in [6, 6.07) is 0. The number of hydrogen-bond donors (Lipinski definition) is 2. The van der Waals surface area contributed by atoms with E-state index in [4.69, 9.17) is 14.5 Å². The first kappa shape index (κ1) is 26.4. The molecule has 7 nitrogen and oxygen atoms in total. The number of nitrogens with one attached hydrogen (secondary N) is 2. The van der Waals surface area contributed by atoms with Crippen LogP contribution in [0.1, 0.15) is 51.9 Å². The first-order valence-electron chi connectivity index (χ1n) is 11.0. The fourth-order valence-electron chi connectivity index (χ4n) is 4.08. The van der Waals surface area contributed by atoms with Crippen LogP contribution in [0.5, 0.6) is 0 Å². The van der Waals surface area contributed by atoms with Gasteiger partial charge in [-0.15, -0.1) is 24.0 Å². The van der Waals surface area contributed by atoms with Crippen LogP contribution in [0.2, 0.25) is 0 Å². The van der Waals surface area contributed by atoms with Gasteiger partial charge in [-0.05, 0) is 44.9 Å². The molecule has 1 aliphatic carbocycles. The molecule has 0 atom stereocenters. The molecule has 29 heavy (non-hydrogen) atoms. The highest BCUT2D eigenvalue weighted by Gasteiger charge is 2.42. The Morgan fingerprint density at radius 3 is 2.52 bits per heavy atom. The van der Waals surface area contributed by atoms with Crippen LogP contribution in [0.4, 0.5) is 0 Å². The van der Waals surface area contributed by atoms with E-state index in [-0.39, 0.29) is 35.3 Å². The van der Waals surface area contributed by atoms with E-state index in [1.165, 1.54) is 0 Å². The van der Waals surface area contributed by atoms with E-state index in [1.807, 2.05) is 14.1 Å². The van der Waals surface area contributed by atoms with Crippen molar-refractivity contribution in [1.29, 1.82) is 0 Å². The molecular formula is C21H41IN4O3. The summed E-state index contributed by atoms with van der Waals surface area (Å²) in [5.41, 5.74) is -0.321. The van der Waals surface area contributed by atoms with Gasteiger partial charge in [0.1, 0.15) is 0 Å². The molecule has 170 valence electrons. The van der Waals surface area contributed by atoms with Crippen LogP contribution in [0.3, 0.4) is 0 Å². The zero-order chi connectivity index (χ0) is 20.2. The molecule has 2 fully saturated rings. The summed E-state index contributed by atoms with van der Waals surface area (Å²) < 4.78 is 11.2. The molecule has 1 aliphatic heterocycles. The molecular weight excluding hydrogens is 483 g/mol. The minimum atomic E-state index is -0.321. The molecule has 0 spiro atoms. The summed E-state index contributed by atoms with van der Waals surface area (Å²) in [5.74, 6) is 1.66. The lowest BCUT2D eigenvalue weighted by molar-refractivity contribution is -0.138. The largest absolute Gasteiger partial charge is 0.381 e. The van der Waals surface area contributed by atoms with Gasteiger partial charge < -0.3 is 25.0 Å². The first-order valence-corrected chi connectivity index (χ1v) is 11.0. The Bertz CT molecular complexity index is 490. The van der Waals surface area contributed by atoms with Crippen LogP contribution in [0.15, 0.2) is 4.99 Å². The van der Waals surface area contributed by atoms with Gasteiger partial charge in [-0.3, -0.25) is 9.79 Å². The maximum absolute atomic E-state index is 12.7. The third kappa shape index (κ3) is 8.96. The molecule has 1 amide bonds. The van der Waals surface area contributed by atoms with Gasteiger partial charge in [0.05, 0.1) is 12.0 Å². The van der Waals surface area contributed by atoms with Crippen molar-refractivity contribution >= 4 is 35.8 Å². The van der Waals surface area contributed by atoms with Crippen molar-refractivity contribution in [3.8, 4) is 0 Å². The van der Waals surface area contributed by atoms with Gasteiger partial charge >= 0.3 is 0 Å². The number of ether oxygens (including phenoxy) is 2. The number of amides is 1. The van der Waals surface area contributed by atoms with Crippen molar-refractivity contribution < 1.29 is 14.3 Å². The maximum Gasteiger partial charge on any atom is 0.230 e. The van der Waals surface area contributed by atoms with Gasteiger partial charge in [-0.25, -0.2) is 0 Å². The van der Waals surface area contributed by atoms with Crippen molar-refractivity contribution in [2.45, 2.75) is 51.9 Å². The van der Waals surface area contributed by atoms with Gasteiger partial charge in [-0.1, -0.05) is 12.8 Å². The van der Waals surface area contributed by atoms with Crippen LogP contribution in [-0.4, -0.2) is 76.9 Å². The zero-order valence-corrected chi connectivity index (χ0v) is 20.8. The molecule has 0 aromatic rings. The summed E-state index contributed by atoms with van der Waals surface area (Å²) in [6.45, 7) is 7.57. The highest BCUT2D eigenvalue weighted by Crippen LogP contribution is 2.39. The van der Waals surface area contributed by atoms with Gasteiger partial charge in [-0.2, -0.15) is 0 Å². The van der Waals surface area contributed by atoms with Crippen molar-refractivity contribution in [2.24, 2.45) is 16.3 Å². The summed E-state index contributed by atoms with van der Waals surface area (Å²) in [5, 5.41) is 6.68. The molecule has 2 rings (SSSR count). The number of nitrogens with zero attached hydrogens (tertiary/aromatic N) is 2. The molecule has 8 heteroatoms. The zero-order valence-electron chi connectivity index (χ0n) is 18.5. The monoisotopic (exact) mass is 524 g/mol. The number of aliphatic imine (C=N–C) groups is 1. The number of guanidine groups is 1. The third-order valence-electron chi connectivity index (χ3n) is 5.76. The average Bonchev–Trinajstić information content (AvgIpc) is 3.18. The Morgan fingerprint density at radius 1 is 1.21 bits per heavy atom. The van der Waals surface area contributed by atoms with Gasteiger partial charge in [0.2, 0.25) is 5.91 Å². The Labute approximate surface area is 193 Å². The fraction of sp³-hybridized carbons (Fsp3) is 0.905. The van der Waals surface area contributed by atoms with Gasteiger partial charge in [0, 0.05) is 53.6 Å². The first-order chi connectivity index (χ1) is 13.6. The lowest BCUT2D eigenvalue weighted by Crippen LogP contribution is -2.43. The quantitative estimate of drug-likeness (QED) is 0.199. The van der Waals surface area contributed by atoms with Crippen molar-refractivity contribution in [3.63, 3.8) is 0 Å². The van der Waals surface area contributed by atoms with Gasteiger partial charge in [0.25, 0.3) is 0 Å². The smallest absolute Gasteiger partial charge is 0.230 e. The Morgan fingerprint density at radius 2 is 1.90 bits per heavy atom. The predicted octanol–water partition coefficient (Wildman–Crippen LogP) is 2.64. The predicted molar refractivity (Wildman–Crippen MR) is 128 cm³/mol. The highest BCUT2D eigenvalue weighted by molar-refractivity contribution is 14.0. The Hall–Kier alpha value is -0.610. The summed E-state index contributed by atoms with van der Waals surface area (Å²) in [7, 11) is 3.69. The minimum absolute atomic E-state index is 0. The van der Waals surface area contributed by atoms with Crippen molar-refractivity contribution in [3.05, 3.63) is 0 Å².